The lowest BCUT2D eigenvalue weighted by Gasteiger charge is -2.24. The number of rotatable bonds is 3. The Hall–Kier alpha value is -0.150. The molecule has 0 saturated carbocycles. The van der Waals surface area contributed by atoms with Crippen LogP contribution in [0.3, 0.4) is 0 Å². The Morgan fingerprint density at radius 2 is 2.20 bits per heavy atom. The van der Waals surface area contributed by atoms with Gasteiger partial charge in [0.25, 0.3) is 10.0 Å². The minimum absolute atomic E-state index is 0.160. The molecule has 1 amide bonds. The second-order valence-electron chi connectivity index (χ2n) is 4.69. The first-order chi connectivity index (χ1) is 9.25. The molecule has 5 nitrogen and oxygen atoms in total. The first-order valence-electron chi connectivity index (χ1n) is 5.93. The lowest BCUT2D eigenvalue weighted by Crippen LogP contribution is -2.45. The Labute approximate surface area is 135 Å². The van der Waals surface area contributed by atoms with Crippen LogP contribution in [0, 0.1) is 0 Å². The highest BCUT2D eigenvalue weighted by Gasteiger charge is 2.40. The van der Waals surface area contributed by atoms with Crippen LogP contribution in [0.4, 0.5) is 0 Å². The molecular weight excluding hydrogens is 388 g/mol. The second kappa shape index (κ2) is 5.92. The van der Waals surface area contributed by atoms with Gasteiger partial charge in [-0.25, -0.2) is 8.42 Å². The summed E-state index contributed by atoms with van der Waals surface area (Å²) >= 11 is 10.2. The zero-order chi connectivity index (χ0) is 15.1. The quantitative estimate of drug-likeness (QED) is 0.781. The smallest absolute Gasteiger partial charge is 0.253 e. The van der Waals surface area contributed by atoms with Crippen LogP contribution in [-0.4, -0.2) is 50.2 Å². The Bertz CT molecular complexity index is 610. The lowest BCUT2D eigenvalue weighted by atomic mass is 10.2. The number of halogens is 2. The summed E-state index contributed by atoms with van der Waals surface area (Å²) in [6.45, 7) is 0.361. The van der Waals surface area contributed by atoms with Crippen LogP contribution < -0.4 is 0 Å². The summed E-state index contributed by atoms with van der Waals surface area (Å²) in [6.07, 6.45) is 1.24. The minimum atomic E-state index is -3.68. The summed E-state index contributed by atoms with van der Waals surface area (Å²) in [5.74, 6) is -0.187. The predicted octanol–water partition coefficient (Wildman–Crippen LogP) is 2.41. The van der Waals surface area contributed by atoms with Crippen molar-refractivity contribution in [2.75, 3.05) is 20.6 Å². The molecule has 1 aromatic heterocycles. The van der Waals surface area contributed by atoms with E-state index in [9.17, 15) is 13.2 Å². The van der Waals surface area contributed by atoms with Gasteiger partial charge in [0.15, 0.2) is 0 Å². The zero-order valence-corrected chi connectivity index (χ0v) is 14.9. The van der Waals surface area contributed by atoms with E-state index in [1.807, 2.05) is 0 Å². The number of carbonyl (C=O) groups is 1. The highest BCUT2D eigenvalue weighted by molar-refractivity contribution is 9.11. The van der Waals surface area contributed by atoms with Crippen LogP contribution in [0.15, 0.2) is 14.1 Å². The summed E-state index contributed by atoms with van der Waals surface area (Å²) in [5.41, 5.74) is 0. The number of hydrogen-bond acceptors (Lipinski definition) is 4. The van der Waals surface area contributed by atoms with E-state index in [1.165, 1.54) is 15.3 Å². The number of likely N-dealkylation sites (N-methyl/N-ethyl adjacent to an activating group) is 1. The van der Waals surface area contributed by atoms with Crippen LogP contribution >= 0.6 is 38.9 Å². The van der Waals surface area contributed by atoms with Crippen molar-refractivity contribution in [1.82, 2.24) is 9.21 Å². The van der Waals surface area contributed by atoms with Gasteiger partial charge in [0.05, 0.1) is 8.81 Å². The monoisotopic (exact) mass is 400 g/mol. The Balaban J connectivity index is 2.36. The van der Waals surface area contributed by atoms with Crippen LogP contribution in [0.5, 0.6) is 0 Å². The van der Waals surface area contributed by atoms with Gasteiger partial charge in [-0.3, -0.25) is 4.79 Å². The molecule has 0 N–H and O–H groups in total. The third kappa shape index (κ3) is 2.89. The molecule has 0 aromatic carbocycles. The molecule has 1 saturated heterocycles. The molecule has 1 fully saturated rings. The number of nitrogens with zero attached hydrogens (tertiary/aromatic N) is 2. The molecule has 9 heteroatoms. The van der Waals surface area contributed by atoms with Crippen molar-refractivity contribution in [2.24, 2.45) is 0 Å². The third-order valence-electron chi connectivity index (χ3n) is 3.12. The van der Waals surface area contributed by atoms with Gasteiger partial charge in [0, 0.05) is 20.6 Å². The zero-order valence-electron chi connectivity index (χ0n) is 11.0. The molecule has 0 spiro atoms. The van der Waals surface area contributed by atoms with E-state index in [0.29, 0.717) is 28.2 Å². The van der Waals surface area contributed by atoms with Crippen LogP contribution in [0.25, 0.3) is 0 Å². The summed E-state index contributed by atoms with van der Waals surface area (Å²) in [5, 5.41) is 0.364. The number of sulfonamides is 1. The fourth-order valence-corrected chi connectivity index (χ4v) is 6.32. The molecule has 1 aliphatic rings. The van der Waals surface area contributed by atoms with Crippen LogP contribution in [0.1, 0.15) is 12.8 Å². The highest BCUT2D eigenvalue weighted by atomic mass is 79.9. The van der Waals surface area contributed by atoms with Crippen LogP contribution in [0.2, 0.25) is 5.02 Å². The van der Waals surface area contributed by atoms with E-state index >= 15 is 0 Å². The van der Waals surface area contributed by atoms with Crippen molar-refractivity contribution in [3.8, 4) is 0 Å². The number of hydrogen-bond donors (Lipinski definition) is 0. The van der Waals surface area contributed by atoms with Crippen molar-refractivity contribution in [1.29, 1.82) is 0 Å². The van der Waals surface area contributed by atoms with E-state index in [-0.39, 0.29) is 10.1 Å². The molecule has 1 unspecified atom stereocenters. The summed E-state index contributed by atoms with van der Waals surface area (Å²) < 4.78 is 27.3. The van der Waals surface area contributed by atoms with Gasteiger partial charge in [-0.05, 0) is 34.8 Å². The van der Waals surface area contributed by atoms with Gasteiger partial charge in [0.1, 0.15) is 10.3 Å². The average Bonchev–Trinajstić information content (AvgIpc) is 2.96. The van der Waals surface area contributed by atoms with E-state index in [2.05, 4.69) is 15.9 Å². The van der Waals surface area contributed by atoms with Gasteiger partial charge < -0.3 is 4.90 Å². The summed E-state index contributed by atoms with van der Waals surface area (Å²) in [4.78, 5) is 13.5. The van der Waals surface area contributed by atoms with Crippen molar-refractivity contribution >= 4 is 54.8 Å². The van der Waals surface area contributed by atoms with Crippen LogP contribution in [-0.2, 0) is 14.8 Å². The standard InChI is InChI=1S/C11H14BrClN2O3S2/c1-14(2)11(16)8-4-3-5-15(8)20(17,18)9-6-7(13)10(12)19-9/h6,8H,3-5H2,1-2H3. The molecule has 20 heavy (non-hydrogen) atoms. The lowest BCUT2D eigenvalue weighted by molar-refractivity contribution is -0.132. The molecule has 2 heterocycles. The number of thiophene rings is 1. The van der Waals surface area contributed by atoms with E-state index in [1.54, 1.807) is 14.1 Å². The third-order valence-corrected chi connectivity index (χ3v) is 7.95. The maximum absolute atomic E-state index is 12.6. The molecule has 0 aliphatic carbocycles. The van der Waals surface area contributed by atoms with E-state index in [0.717, 1.165) is 11.3 Å². The Kier molecular flexibility index (Phi) is 4.80. The van der Waals surface area contributed by atoms with Gasteiger partial charge in [-0.2, -0.15) is 4.31 Å². The summed E-state index contributed by atoms with van der Waals surface area (Å²) in [7, 11) is -0.420. The second-order valence-corrected chi connectivity index (χ2v) is 9.59. The molecule has 1 atom stereocenters. The molecule has 112 valence electrons. The maximum atomic E-state index is 12.6. The average molecular weight is 402 g/mol. The molecule has 1 aliphatic heterocycles. The van der Waals surface area contributed by atoms with Gasteiger partial charge in [-0.15, -0.1) is 11.3 Å². The van der Waals surface area contributed by atoms with Crippen molar-refractivity contribution in [3.05, 3.63) is 14.9 Å². The first kappa shape index (κ1) is 16.2. The van der Waals surface area contributed by atoms with Gasteiger partial charge in [0.2, 0.25) is 5.91 Å². The summed E-state index contributed by atoms with van der Waals surface area (Å²) in [6, 6.07) is 0.802. The molecule has 0 radical (unpaired) electrons. The number of carbonyl (C=O) groups excluding carboxylic acids is 1. The highest BCUT2D eigenvalue weighted by Crippen LogP contribution is 2.37. The minimum Gasteiger partial charge on any atom is -0.347 e. The predicted molar refractivity (Wildman–Crippen MR) is 82.6 cm³/mol. The van der Waals surface area contributed by atoms with Gasteiger partial charge >= 0.3 is 0 Å². The molecule has 2 rings (SSSR count). The van der Waals surface area contributed by atoms with Crippen molar-refractivity contribution in [2.45, 2.75) is 23.1 Å². The fraction of sp³-hybridized carbons (Fsp3) is 0.545. The van der Waals surface area contributed by atoms with E-state index < -0.39 is 16.1 Å². The fourth-order valence-electron chi connectivity index (χ4n) is 2.14. The Morgan fingerprint density at radius 3 is 2.70 bits per heavy atom. The molecule has 0 bridgehead atoms. The van der Waals surface area contributed by atoms with E-state index in [4.69, 9.17) is 11.6 Å². The van der Waals surface area contributed by atoms with Crippen molar-refractivity contribution in [3.63, 3.8) is 0 Å². The SMILES string of the molecule is CN(C)C(=O)C1CCCN1S(=O)(=O)c1cc(Cl)c(Br)s1. The Morgan fingerprint density at radius 1 is 1.55 bits per heavy atom. The molecular formula is C11H14BrClN2O3S2. The normalized spacial score (nSPS) is 20.3. The first-order valence-corrected chi connectivity index (χ1v) is 9.35. The van der Waals surface area contributed by atoms with Gasteiger partial charge in [-0.1, -0.05) is 11.6 Å². The maximum Gasteiger partial charge on any atom is 0.253 e. The number of amides is 1. The van der Waals surface area contributed by atoms with Crippen molar-refractivity contribution < 1.29 is 13.2 Å². The topological polar surface area (TPSA) is 57.7 Å². The molecule has 1 aromatic rings. The largest absolute Gasteiger partial charge is 0.347 e.